The van der Waals surface area contributed by atoms with E-state index < -0.39 is 0 Å². The summed E-state index contributed by atoms with van der Waals surface area (Å²) < 4.78 is 5.63. The van der Waals surface area contributed by atoms with Crippen molar-refractivity contribution < 1.29 is 4.74 Å². The first-order valence-corrected chi connectivity index (χ1v) is 7.96. The number of hydrogen-bond acceptors (Lipinski definition) is 5. The van der Waals surface area contributed by atoms with Gasteiger partial charge in [-0.25, -0.2) is 0 Å². The first kappa shape index (κ1) is 15.9. The number of likely N-dealkylation sites (tertiary alicyclic amines) is 1. The molecule has 2 rings (SSSR count). The molecule has 1 aliphatic heterocycles. The van der Waals surface area contributed by atoms with Crippen LogP contribution in [-0.2, 0) is 0 Å². The van der Waals surface area contributed by atoms with E-state index in [2.05, 4.69) is 22.1 Å². The maximum atomic E-state index is 5.89. The van der Waals surface area contributed by atoms with E-state index >= 15 is 0 Å². The Balaban J connectivity index is 1.91. The van der Waals surface area contributed by atoms with Gasteiger partial charge in [-0.2, -0.15) is 4.98 Å². The lowest BCUT2D eigenvalue weighted by Crippen LogP contribution is -2.38. The molecule has 1 aromatic rings. The van der Waals surface area contributed by atoms with Crippen LogP contribution in [0, 0.1) is 0 Å². The Morgan fingerprint density at radius 2 is 1.95 bits per heavy atom. The molecule has 5 heteroatoms. The van der Waals surface area contributed by atoms with Gasteiger partial charge in [0.05, 0.1) is 11.8 Å². The van der Waals surface area contributed by atoms with Crippen molar-refractivity contribution in [2.45, 2.75) is 52.2 Å². The van der Waals surface area contributed by atoms with Gasteiger partial charge < -0.3 is 20.7 Å². The highest BCUT2D eigenvalue weighted by atomic mass is 16.5. The minimum Gasteiger partial charge on any atom is -0.473 e. The number of rotatable bonds is 6. The molecule has 1 aliphatic rings. The summed E-state index contributed by atoms with van der Waals surface area (Å²) in [7, 11) is 0. The average molecular weight is 292 g/mol. The molecule has 0 bridgehead atoms. The van der Waals surface area contributed by atoms with E-state index in [1.165, 1.54) is 32.4 Å². The number of piperidine rings is 1. The molecule has 2 heterocycles. The van der Waals surface area contributed by atoms with Gasteiger partial charge in [-0.15, -0.1) is 0 Å². The number of ether oxygens (including phenoxy) is 1. The van der Waals surface area contributed by atoms with Gasteiger partial charge in [0.25, 0.3) is 0 Å². The Bertz CT molecular complexity index is 444. The molecule has 0 radical (unpaired) electrons. The summed E-state index contributed by atoms with van der Waals surface area (Å²) in [5.41, 5.74) is 6.48. The van der Waals surface area contributed by atoms with Crippen LogP contribution >= 0.6 is 0 Å². The lowest BCUT2D eigenvalue weighted by Gasteiger charge is -2.29. The predicted octanol–water partition coefficient (Wildman–Crippen LogP) is 2.74. The Morgan fingerprint density at radius 3 is 2.62 bits per heavy atom. The molecule has 21 heavy (non-hydrogen) atoms. The standard InChI is InChI=1S/C16H28N4O/c1-12(2)21-16-14(17)7-8-15(19-16)18-13(3)11-20-9-5-4-6-10-20/h7-8,12-13H,4-6,9-11,17H2,1-3H3,(H,18,19). The molecule has 1 saturated heterocycles. The first-order chi connectivity index (χ1) is 10.0. The van der Waals surface area contributed by atoms with E-state index in [0.29, 0.717) is 17.6 Å². The van der Waals surface area contributed by atoms with Gasteiger partial charge >= 0.3 is 0 Å². The van der Waals surface area contributed by atoms with Crippen molar-refractivity contribution in [1.82, 2.24) is 9.88 Å². The number of nitrogens with two attached hydrogens (primary N) is 1. The summed E-state index contributed by atoms with van der Waals surface area (Å²) in [4.78, 5) is 6.99. The van der Waals surface area contributed by atoms with Crippen LogP contribution in [0.1, 0.15) is 40.0 Å². The number of nitrogens with zero attached hydrogens (tertiary/aromatic N) is 2. The second-order valence-electron chi connectivity index (χ2n) is 6.16. The second kappa shape index (κ2) is 7.50. The van der Waals surface area contributed by atoms with Gasteiger partial charge in [-0.1, -0.05) is 6.42 Å². The summed E-state index contributed by atoms with van der Waals surface area (Å²) in [5.74, 6) is 1.34. The molecule has 0 aromatic carbocycles. The van der Waals surface area contributed by atoms with Crippen LogP contribution in [0.5, 0.6) is 5.88 Å². The topological polar surface area (TPSA) is 63.4 Å². The highest BCUT2D eigenvalue weighted by molar-refractivity contribution is 5.53. The maximum Gasteiger partial charge on any atom is 0.239 e. The molecule has 5 nitrogen and oxygen atoms in total. The zero-order valence-electron chi connectivity index (χ0n) is 13.4. The largest absolute Gasteiger partial charge is 0.473 e. The number of nitrogen functional groups attached to an aromatic ring is 1. The van der Waals surface area contributed by atoms with E-state index in [1.54, 1.807) is 0 Å². The maximum absolute atomic E-state index is 5.89. The number of aromatic nitrogens is 1. The third-order valence-corrected chi connectivity index (χ3v) is 3.61. The molecule has 3 N–H and O–H groups in total. The van der Waals surface area contributed by atoms with Crippen molar-refractivity contribution in [2.24, 2.45) is 0 Å². The fourth-order valence-electron chi connectivity index (χ4n) is 2.68. The van der Waals surface area contributed by atoms with Crippen LogP contribution in [0.25, 0.3) is 0 Å². The summed E-state index contributed by atoms with van der Waals surface area (Å²) in [6.45, 7) is 9.61. The van der Waals surface area contributed by atoms with Crippen LogP contribution in [0.4, 0.5) is 11.5 Å². The van der Waals surface area contributed by atoms with Gasteiger partial charge in [0.2, 0.25) is 5.88 Å². The minimum absolute atomic E-state index is 0.0702. The number of pyridine rings is 1. The van der Waals surface area contributed by atoms with Crippen molar-refractivity contribution in [3.63, 3.8) is 0 Å². The molecule has 1 fully saturated rings. The van der Waals surface area contributed by atoms with Crippen LogP contribution in [-0.4, -0.2) is 41.7 Å². The van der Waals surface area contributed by atoms with Gasteiger partial charge in [-0.3, -0.25) is 0 Å². The van der Waals surface area contributed by atoms with E-state index in [1.807, 2.05) is 26.0 Å². The van der Waals surface area contributed by atoms with Crippen LogP contribution < -0.4 is 15.8 Å². The third kappa shape index (κ3) is 5.08. The Morgan fingerprint density at radius 1 is 1.24 bits per heavy atom. The molecule has 118 valence electrons. The van der Waals surface area contributed by atoms with E-state index in [0.717, 1.165) is 12.4 Å². The monoisotopic (exact) mass is 292 g/mol. The molecule has 1 atom stereocenters. The zero-order valence-corrected chi connectivity index (χ0v) is 13.4. The summed E-state index contributed by atoms with van der Waals surface area (Å²) in [6, 6.07) is 4.11. The average Bonchev–Trinajstić information content (AvgIpc) is 2.43. The highest BCUT2D eigenvalue weighted by Crippen LogP contribution is 2.22. The minimum atomic E-state index is 0.0702. The molecule has 0 aliphatic carbocycles. The van der Waals surface area contributed by atoms with E-state index in [-0.39, 0.29) is 6.10 Å². The second-order valence-corrected chi connectivity index (χ2v) is 6.16. The van der Waals surface area contributed by atoms with Crippen LogP contribution in [0.3, 0.4) is 0 Å². The number of hydrogen-bond donors (Lipinski definition) is 2. The molecule has 0 saturated carbocycles. The quantitative estimate of drug-likeness (QED) is 0.844. The molecule has 0 spiro atoms. The normalized spacial score (nSPS) is 17.7. The molecular weight excluding hydrogens is 264 g/mol. The fraction of sp³-hybridized carbons (Fsp3) is 0.688. The van der Waals surface area contributed by atoms with Crippen molar-refractivity contribution in [1.29, 1.82) is 0 Å². The summed E-state index contributed by atoms with van der Waals surface area (Å²) in [5, 5.41) is 3.44. The van der Waals surface area contributed by atoms with Gasteiger partial charge in [0.15, 0.2) is 0 Å². The first-order valence-electron chi connectivity index (χ1n) is 7.96. The third-order valence-electron chi connectivity index (χ3n) is 3.61. The van der Waals surface area contributed by atoms with Crippen molar-refractivity contribution >= 4 is 11.5 Å². The smallest absolute Gasteiger partial charge is 0.239 e. The van der Waals surface area contributed by atoms with Crippen LogP contribution in [0.15, 0.2) is 12.1 Å². The van der Waals surface area contributed by atoms with Crippen molar-refractivity contribution in [2.75, 3.05) is 30.7 Å². The van der Waals surface area contributed by atoms with Gasteiger partial charge in [0, 0.05) is 12.6 Å². The SMILES string of the molecule is CC(CN1CCCCC1)Nc1ccc(N)c(OC(C)C)n1. The summed E-state index contributed by atoms with van der Waals surface area (Å²) in [6.07, 6.45) is 4.08. The highest BCUT2D eigenvalue weighted by Gasteiger charge is 2.14. The van der Waals surface area contributed by atoms with Crippen LogP contribution in [0.2, 0.25) is 0 Å². The van der Waals surface area contributed by atoms with E-state index in [9.17, 15) is 0 Å². The van der Waals surface area contributed by atoms with E-state index in [4.69, 9.17) is 10.5 Å². The zero-order chi connectivity index (χ0) is 15.2. The summed E-state index contributed by atoms with van der Waals surface area (Å²) >= 11 is 0. The van der Waals surface area contributed by atoms with Crippen molar-refractivity contribution in [3.8, 4) is 5.88 Å². The number of nitrogens with one attached hydrogen (secondary N) is 1. The number of anilines is 2. The Hall–Kier alpha value is -1.49. The van der Waals surface area contributed by atoms with Gasteiger partial charge in [-0.05, 0) is 58.8 Å². The van der Waals surface area contributed by atoms with Gasteiger partial charge in [0.1, 0.15) is 5.82 Å². The van der Waals surface area contributed by atoms with Crippen molar-refractivity contribution in [3.05, 3.63) is 12.1 Å². The lowest BCUT2D eigenvalue weighted by atomic mass is 10.1. The Kier molecular flexibility index (Phi) is 5.67. The lowest BCUT2D eigenvalue weighted by molar-refractivity contribution is 0.222. The predicted molar refractivity (Wildman–Crippen MR) is 87.8 cm³/mol. The molecule has 0 amide bonds. The molecule has 1 aromatic heterocycles. The molecule has 1 unspecified atom stereocenters. The Labute approximate surface area is 127 Å². The molecular formula is C16H28N4O. The fourth-order valence-corrected chi connectivity index (χ4v) is 2.68.